The smallest absolute Gasteiger partial charge is 0.326 e. The molecule has 1 amide bonds. The van der Waals surface area contributed by atoms with E-state index in [0.717, 1.165) is 0 Å². The zero-order chi connectivity index (χ0) is 13.2. The van der Waals surface area contributed by atoms with Gasteiger partial charge in [0.2, 0.25) is 5.22 Å². The van der Waals surface area contributed by atoms with Crippen molar-refractivity contribution in [3.8, 4) is 0 Å². The van der Waals surface area contributed by atoms with E-state index in [9.17, 15) is 9.59 Å². The standard InChI is InChI=1S/C11H14ClNO4/c1-11(2,3)7(10(15)16)13-9(14)6-4-5-17-8(6)12/h4-5,7H,1-3H3,(H,13,14)(H,15,16)/t7-/m0/s1. The number of carbonyl (C=O) groups excluding carboxylic acids is 1. The molecular weight excluding hydrogens is 246 g/mol. The average Bonchev–Trinajstić information content (AvgIpc) is 2.58. The summed E-state index contributed by atoms with van der Waals surface area (Å²) in [5, 5.41) is 11.4. The van der Waals surface area contributed by atoms with Crippen molar-refractivity contribution in [1.82, 2.24) is 5.32 Å². The van der Waals surface area contributed by atoms with Crippen LogP contribution in [0.2, 0.25) is 5.22 Å². The predicted molar refractivity (Wildman–Crippen MR) is 62.1 cm³/mol. The zero-order valence-electron chi connectivity index (χ0n) is 9.78. The number of carboxylic acids is 1. The summed E-state index contributed by atoms with van der Waals surface area (Å²) in [7, 11) is 0. The molecule has 94 valence electrons. The van der Waals surface area contributed by atoms with Crippen molar-refractivity contribution < 1.29 is 19.1 Å². The summed E-state index contributed by atoms with van der Waals surface area (Å²) in [6.07, 6.45) is 1.27. The van der Waals surface area contributed by atoms with Crippen LogP contribution in [0.1, 0.15) is 31.1 Å². The fourth-order valence-corrected chi connectivity index (χ4v) is 1.51. The Morgan fingerprint density at radius 1 is 1.47 bits per heavy atom. The third-order valence-electron chi connectivity index (χ3n) is 2.25. The first kappa shape index (κ1) is 13.6. The molecule has 0 unspecified atom stereocenters. The SMILES string of the molecule is CC(C)(C)[C@@H](NC(=O)c1ccoc1Cl)C(=O)O. The van der Waals surface area contributed by atoms with Crippen molar-refractivity contribution in [2.75, 3.05) is 0 Å². The Morgan fingerprint density at radius 2 is 2.06 bits per heavy atom. The number of hydrogen-bond acceptors (Lipinski definition) is 3. The van der Waals surface area contributed by atoms with E-state index in [1.54, 1.807) is 20.8 Å². The third kappa shape index (κ3) is 3.23. The van der Waals surface area contributed by atoms with Gasteiger partial charge in [-0.2, -0.15) is 0 Å². The van der Waals surface area contributed by atoms with Gasteiger partial charge in [0.15, 0.2) is 0 Å². The number of amides is 1. The molecule has 1 atom stereocenters. The predicted octanol–water partition coefficient (Wildman–Crippen LogP) is 2.16. The summed E-state index contributed by atoms with van der Waals surface area (Å²) >= 11 is 5.64. The highest BCUT2D eigenvalue weighted by atomic mass is 35.5. The van der Waals surface area contributed by atoms with Crippen LogP contribution in [0, 0.1) is 5.41 Å². The minimum absolute atomic E-state index is 0.0550. The number of aliphatic carboxylic acids is 1. The lowest BCUT2D eigenvalue weighted by Crippen LogP contribution is -2.49. The van der Waals surface area contributed by atoms with E-state index in [1.807, 2.05) is 0 Å². The van der Waals surface area contributed by atoms with E-state index in [1.165, 1.54) is 12.3 Å². The fraction of sp³-hybridized carbons (Fsp3) is 0.455. The highest BCUT2D eigenvalue weighted by Gasteiger charge is 2.33. The van der Waals surface area contributed by atoms with E-state index in [-0.39, 0.29) is 10.8 Å². The van der Waals surface area contributed by atoms with Crippen molar-refractivity contribution in [3.05, 3.63) is 23.1 Å². The van der Waals surface area contributed by atoms with Gasteiger partial charge in [0, 0.05) is 0 Å². The molecule has 1 aromatic heterocycles. The topological polar surface area (TPSA) is 79.5 Å². The third-order valence-corrected chi connectivity index (χ3v) is 2.54. The largest absolute Gasteiger partial charge is 0.480 e. The number of rotatable bonds is 3. The molecule has 0 aliphatic carbocycles. The Balaban J connectivity index is 2.86. The molecule has 6 heteroatoms. The highest BCUT2D eigenvalue weighted by Crippen LogP contribution is 2.21. The molecule has 0 aliphatic heterocycles. The Morgan fingerprint density at radius 3 is 2.41 bits per heavy atom. The van der Waals surface area contributed by atoms with Gasteiger partial charge < -0.3 is 14.8 Å². The number of carbonyl (C=O) groups is 2. The monoisotopic (exact) mass is 259 g/mol. The summed E-state index contributed by atoms with van der Waals surface area (Å²) < 4.78 is 4.77. The van der Waals surface area contributed by atoms with Crippen molar-refractivity contribution in [3.63, 3.8) is 0 Å². The number of furan rings is 1. The molecular formula is C11H14ClNO4. The van der Waals surface area contributed by atoms with Crippen molar-refractivity contribution in [2.24, 2.45) is 5.41 Å². The van der Waals surface area contributed by atoms with Gasteiger partial charge in [0.25, 0.3) is 5.91 Å². The maximum Gasteiger partial charge on any atom is 0.326 e. The van der Waals surface area contributed by atoms with Gasteiger partial charge in [-0.1, -0.05) is 20.8 Å². The van der Waals surface area contributed by atoms with Crippen LogP contribution in [0.3, 0.4) is 0 Å². The van der Waals surface area contributed by atoms with Crippen LogP contribution in [-0.2, 0) is 4.79 Å². The number of carboxylic acid groups (broad SMARTS) is 1. The van der Waals surface area contributed by atoms with E-state index >= 15 is 0 Å². The average molecular weight is 260 g/mol. The summed E-state index contributed by atoms with van der Waals surface area (Å²) in [5.74, 6) is -1.66. The first-order valence-corrected chi connectivity index (χ1v) is 5.38. The molecule has 0 radical (unpaired) electrons. The minimum atomic E-state index is -1.09. The van der Waals surface area contributed by atoms with Crippen LogP contribution < -0.4 is 5.32 Å². The first-order chi connectivity index (χ1) is 7.73. The van der Waals surface area contributed by atoms with E-state index in [0.29, 0.717) is 0 Å². The summed E-state index contributed by atoms with van der Waals surface area (Å²) in [5.41, 5.74) is -0.472. The Kier molecular flexibility index (Phi) is 3.83. The molecule has 0 bridgehead atoms. The maximum absolute atomic E-state index is 11.8. The number of nitrogens with one attached hydrogen (secondary N) is 1. The van der Waals surface area contributed by atoms with E-state index in [4.69, 9.17) is 21.1 Å². The summed E-state index contributed by atoms with van der Waals surface area (Å²) in [6.45, 7) is 5.18. The fourth-order valence-electron chi connectivity index (χ4n) is 1.31. The second-order valence-electron chi connectivity index (χ2n) is 4.72. The van der Waals surface area contributed by atoms with Gasteiger partial charge >= 0.3 is 5.97 Å². The molecule has 0 aromatic carbocycles. The van der Waals surface area contributed by atoms with Crippen molar-refractivity contribution in [2.45, 2.75) is 26.8 Å². The molecule has 5 nitrogen and oxygen atoms in total. The van der Waals surface area contributed by atoms with Crippen molar-refractivity contribution >= 4 is 23.5 Å². The van der Waals surface area contributed by atoms with Crippen LogP contribution in [0.25, 0.3) is 0 Å². The minimum Gasteiger partial charge on any atom is -0.480 e. The van der Waals surface area contributed by atoms with Crippen LogP contribution in [0.4, 0.5) is 0 Å². The summed E-state index contributed by atoms with van der Waals surface area (Å²) in [4.78, 5) is 22.8. The van der Waals surface area contributed by atoms with Crippen LogP contribution in [0.15, 0.2) is 16.7 Å². The number of hydrogen-bond donors (Lipinski definition) is 2. The molecule has 1 rings (SSSR count). The van der Waals surface area contributed by atoms with Gasteiger partial charge in [0.05, 0.1) is 11.8 Å². The molecule has 0 fully saturated rings. The molecule has 1 aromatic rings. The Bertz CT molecular complexity index is 433. The molecule has 1 heterocycles. The van der Waals surface area contributed by atoms with Crippen molar-refractivity contribution in [1.29, 1.82) is 0 Å². The zero-order valence-corrected chi connectivity index (χ0v) is 10.5. The van der Waals surface area contributed by atoms with Crippen LogP contribution in [-0.4, -0.2) is 23.0 Å². The maximum atomic E-state index is 11.8. The summed E-state index contributed by atoms with van der Waals surface area (Å²) in [6, 6.07) is 0.389. The Labute approximate surface area is 104 Å². The molecule has 0 saturated carbocycles. The van der Waals surface area contributed by atoms with Gasteiger partial charge in [-0.15, -0.1) is 0 Å². The lowest BCUT2D eigenvalue weighted by Gasteiger charge is -2.27. The number of halogens is 1. The normalized spacial score (nSPS) is 13.2. The quantitative estimate of drug-likeness (QED) is 0.872. The van der Waals surface area contributed by atoms with Crippen LogP contribution in [0.5, 0.6) is 0 Å². The Hall–Kier alpha value is -1.49. The van der Waals surface area contributed by atoms with Gasteiger partial charge in [-0.3, -0.25) is 4.79 Å². The van der Waals surface area contributed by atoms with Crippen LogP contribution >= 0.6 is 11.6 Å². The lowest BCUT2D eigenvalue weighted by molar-refractivity contribution is -0.142. The lowest BCUT2D eigenvalue weighted by atomic mass is 9.86. The van der Waals surface area contributed by atoms with E-state index in [2.05, 4.69) is 5.32 Å². The molecule has 0 spiro atoms. The van der Waals surface area contributed by atoms with Gasteiger partial charge in [-0.25, -0.2) is 4.79 Å². The second kappa shape index (κ2) is 4.79. The second-order valence-corrected chi connectivity index (χ2v) is 5.06. The molecule has 17 heavy (non-hydrogen) atoms. The van der Waals surface area contributed by atoms with Gasteiger partial charge in [-0.05, 0) is 23.1 Å². The van der Waals surface area contributed by atoms with E-state index < -0.39 is 23.3 Å². The molecule has 2 N–H and O–H groups in total. The highest BCUT2D eigenvalue weighted by molar-refractivity contribution is 6.32. The first-order valence-electron chi connectivity index (χ1n) is 5.00. The molecule has 0 saturated heterocycles. The van der Waals surface area contributed by atoms with Gasteiger partial charge in [0.1, 0.15) is 6.04 Å². The molecule has 0 aliphatic rings.